The molecule has 18 heavy (non-hydrogen) atoms. The molecule has 0 atom stereocenters. The maximum atomic E-state index is 4.52. The summed E-state index contributed by atoms with van der Waals surface area (Å²) in [7, 11) is 0. The molecule has 0 aliphatic rings. The van der Waals surface area contributed by atoms with Gasteiger partial charge in [-0.15, -0.1) is 0 Å². The lowest BCUT2D eigenvalue weighted by atomic mass is 10.2. The lowest BCUT2D eigenvalue weighted by molar-refractivity contribution is 0.619. The van der Waals surface area contributed by atoms with E-state index >= 15 is 0 Å². The van der Waals surface area contributed by atoms with Gasteiger partial charge in [0.05, 0.1) is 6.33 Å². The quantitative estimate of drug-likeness (QED) is 0.438. The van der Waals surface area contributed by atoms with Gasteiger partial charge in [0.15, 0.2) is 5.96 Å². The second-order valence-corrected chi connectivity index (χ2v) is 4.69. The Labute approximate surface area is 110 Å². The average molecular weight is 251 g/mol. The predicted octanol–water partition coefficient (Wildman–Crippen LogP) is 1.48. The molecule has 5 heteroatoms. The highest BCUT2D eigenvalue weighted by Gasteiger charge is 1.98. The molecule has 102 valence electrons. The number of aromatic nitrogens is 2. The molecule has 0 aromatic carbocycles. The number of imidazole rings is 1. The number of nitrogens with zero attached hydrogens (tertiary/aromatic N) is 3. The van der Waals surface area contributed by atoms with Crippen molar-refractivity contribution >= 4 is 5.96 Å². The van der Waals surface area contributed by atoms with Crippen LogP contribution in [0, 0.1) is 5.92 Å². The highest BCUT2D eigenvalue weighted by molar-refractivity contribution is 5.79. The van der Waals surface area contributed by atoms with Crippen LogP contribution in [0.5, 0.6) is 0 Å². The summed E-state index contributed by atoms with van der Waals surface area (Å²) in [5.74, 6) is 1.50. The molecule has 0 saturated carbocycles. The van der Waals surface area contributed by atoms with Crippen LogP contribution in [0.15, 0.2) is 23.7 Å². The maximum Gasteiger partial charge on any atom is 0.191 e. The summed E-state index contributed by atoms with van der Waals surface area (Å²) in [6, 6.07) is 0. The highest BCUT2D eigenvalue weighted by Crippen LogP contribution is 1.92. The first kappa shape index (κ1) is 14.5. The van der Waals surface area contributed by atoms with Crippen LogP contribution < -0.4 is 10.6 Å². The summed E-state index contributed by atoms with van der Waals surface area (Å²) < 4.78 is 2.08. The Morgan fingerprint density at radius 3 is 2.83 bits per heavy atom. The van der Waals surface area contributed by atoms with Crippen molar-refractivity contribution < 1.29 is 0 Å². The fourth-order valence-corrected chi connectivity index (χ4v) is 1.50. The zero-order valence-corrected chi connectivity index (χ0v) is 11.7. The molecule has 2 N–H and O–H groups in total. The summed E-state index contributed by atoms with van der Waals surface area (Å²) in [6.07, 6.45) is 6.69. The molecule has 1 heterocycles. The van der Waals surface area contributed by atoms with Gasteiger partial charge in [-0.25, -0.2) is 4.98 Å². The molecule has 0 spiro atoms. The maximum absolute atomic E-state index is 4.52. The Morgan fingerprint density at radius 1 is 1.39 bits per heavy atom. The lowest BCUT2D eigenvalue weighted by Gasteiger charge is -2.12. The first-order valence-corrected chi connectivity index (χ1v) is 6.70. The van der Waals surface area contributed by atoms with E-state index < -0.39 is 0 Å². The van der Waals surface area contributed by atoms with Crippen LogP contribution in [0.2, 0.25) is 0 Å². The third-order valence-electron chi connectivity index (χ3n) is 2.40. The van der Waals surface area contributed by atoms with Crippen LogP contribution in [-0.2, 0) is 6.54 Å². The van der Waals surface area contributed by atoms with E-state index in [-0.39, 0.29) is 0 Å². The van der Waals surface area contributed by atoms with Gasteiger partial charge >= 0.3 is 0 Å². The zero-order chi connectivity index (χ0) is 13.2. The van der Waals surface area contributed by atoms with E-state index in [1.54, 1.807) is 0 Å². The van der Waals surface area contributed by atoms with Crippen LogP contribution in [-0.4, -0.2) is 35.1 Å². The van der Waals surface area contributed by atoms with E-state index in [1.165, 1.54) is 0 Å². The van der Waals surface area contributed by atoms with Crippen molar-refractivity contribution in [2.45, 2.75) is 33.7 Å². The number of hydrogen-bond acceptors (Lipinski definition) is 2. The molecule has 0 fully saturated rings. The minimum atomic E-state index is 0.589. The Morgan fingerprint density at radius 2 is 2.22 bits per heavy atom. The van der Waals surface area contributed by atoms with Gasteiger partial charge in [-0.05, 0) is 19.3 Å². The van der Waals surface area contributed by atoms with E-state index in [0.717, 1.165) is 38.6 Å². The molecule has 0 aliphatic heterocycles. The van der Waals surface area contributed by atoms with Crippen LogP contribution in [0.1, 0.15) is 27.2 Å². The van der Waals surface area contributed by atoms with Crippen molar-refractivity contribution in [3.05, 3.63) is 18.7 Å². The largest absolute Gasteiger partial charge is 0.357 e. The van der Waals surface area contributed by atoms with Gasteiger partial charge in [0.1, 0.15) is 0 Å². The molecule has 0 amide bonds. The SMILES string of the molecule is CCNC(=NCC(C)C)NCCCn1ccnc1. The van der Waals surface area contributed by atoms with Crippen LogP contribution in [0.25, 0.3) is 0 Å². The molecule has 1 aromatic rings. The Kier molecular flexibility index (Phi) is 6.91. The smallest absolute Gasteiger partial charge is 0.191 e. The molecule has 0 bridgehead atoms. The zero-order valence-electron chi connectivity index (χ0n) is 11.7. The molecule has 0 radical (unpaired) electrons. The average Bonchev–Trinajstić information content (AvgIpc) is 2.84. The van der Waals surface area contributed by atoms with Crippen molar-refractivity contribution in [3.63, 3.8) is 0 Å². The number of aryl methyl sites for hydroxylation is 1. The number of hydrogen-bond donors (Lipinski definition) is 2. The van der Waals surface area contributed by atoms with Crippen LogP contribution >= 0.6 is 0 Å². The van der Waals surface area contributed by atoms with E-state index in [2.05, 4.69) is 45.9 Å². The third-order valence-corrected chi connectivity index (χ3v) is 2.40. The standard InChI is InChI=1S/C13H25N5/c1-4-15-13(17-10-12(2)3)16-6-5-8-18-9-7-14-11-18/h7,9,11-12H,4-6,8,10H2,1-3H3,(H2,15,16,17). The summed E-state index contributed by atoms with van der Waals surface area (Å²) in [5.41, 5.74) is 0. The number of guanidine groups is 1. The topological polar surface area (TPSA) is 54.2 Å². The molecule has 0 saturated heterocycles. The summed E-state index contributed by atoms with van der Waals surface area (Å²) >= 11 is 0. The molecule has 0 aliphatic carbocycles. The number of aliphatic imine (C=N–C) groups is 1. The van der Waals surface area contributed by atoms with Crippen molar-refractivity contribution in [1.29, 1.82) is 0 Å². The van der Waals surface area contributed by atoms with Gasteiger partial charge < -0.3 is 15.2 Å². The lowest BCUT2D eigenvalue weighted by Crippen LogP contribution is -2.38. The van der Waals surface area contributed by atoms with Gasteiger partial charge in [0, 0.05) is 38.6 Å². The summed E-state index contributed by atoms with van der Waals surface area (Å²) in [6.45, 7) is 10.1. The van der Waals surface area contributed by atoms with Gasteiger partial charge in [0.2, 0.25) is 0 Å². The van der Waals surface area contributed by atoms with Gasteiger partial charge in [-0.1, -0.05) is 13.8 Å². The van der Waals surface area contributed by atoms with Crippen LogP contribution in [0.3, 0.4) is 0 Å². The van der Waals surface area contributed by atoms with Crippen molar-refractivity contribution in [2.24, 2.45) is 10.9 Å². The van der Waals surface area contributed by atoms with Crippen molar-refractivity contribution in [1.82, 2.24) is 20.2 Å². The Hall–Kier alpha value is -1.52. The molecule has 5 nitrogen and oxygen atoms in total. The monoisotopic (exact) mass is 251 g/mol. The summed E-state index contributed by atoms with van der Waals surface area (Å²) in [4.78, 5) is 8.54. The number of nitrogens with one attached hydrogen (secondary N) is 2. The fourth-order valence-electron chi connectivity index (χ4n) is 1.50. The fraction of sp³-hybridized carbons (Fsp3) is 0.692. The van der Waals surface area contributed by atoms with Gasteiger partial charge in [-0.3, -0.25) is 4.99 Å². The first-order valence-electron chi connectivity index (χ1n) is 6.70. The molecule has 0 unspecified atom stereocenters. The minimum Gasteiger partial charge on any atom is -0.357 e. The molecule has 1 aromatic heterocycles. The van der Waals surface area contributed by atoms with E-state index in [1.807, 2.05) is 18.7 Å². The summed E-state index contributed by atoms with van der Waals surface area (Å²) in [5, 5.41) is 6.59. The molecular weight excluding hydrogens is 226 g/mol. The van der Waals surface area contributed by atoms with Gasteiger partial charge in [-0.2, -0.15) is 0 Å². The molecular formula is C13H25N5. The second-order valence-electron chi connectivity index (χ2n) is 4.69. The minimum absolute atomic E-state index is 0.589. The predicted molar refractivity (Wildman–Crippen MR) is 75.7 cm³/mol. The van der Waals surface area contributed by atoms with E-state index in [9.17, 15) is 0 Å². The Balaban J connectivity index is 2.22. The van der Waals surface area contributed by atoms with Crippen LogP contribution in [0.4, 0.5) is 0 Å². The molecule has 1 rings (SSSR count). The second kappa shape index (κ2) is 8.55. The van der Waals surface area contributed by atoms with Crippen molar-refractivity contribution in [3.8, 4) is 0 Å². The van der Waals surface area contributed by atoms with Gasteiger partial charge in [0.25, 0.3) is 0 Å². The Bertz CT molecular complexity index is 329. The first-order chi connectivity index (χ1) is 8.72. The van der Waals surface area contributed by atoms with Crippen molar-refractivity contribution in [2.75, 3.05) is 19.6 Å². The third kappa shape index (κ3) is 6.27. The highest BCUT2D eigenvalue weighted by atomic mass is 15.2. The van der Waals surface area contributed by atoms with E-state index in [4.69, 9.17) is 0 Å². The number of rotatable bonds is 7. The normalized spacial score (nSPS) is 11.9. The van der Waals surface area contributed by atoms with E-state index in [0.29, 0.717) is 5.92 Å².